The molecule has 0 aliphatic heterocycles. The number of benzene rings is 1. The summed E-state index contributed by atoms with van der Waals surface area (Å²) in [6, 6.07) is -26.8. The Hall–Kier alpha value is -13.3. The zero-order valence-electron chi connectivity index (χ0n) is 82.7. The third-order valence-electron chi connectivity index (χ3n) is 22.4. The van der Waals surface area contributed by atoms with E-state index in [0.29, 0.717) is 12.0 Å². The number of carboxylic acids is 4. The van der Waals surface area contributed by atoms with Crippen molar-refractivity contribution in [2.24, 2.45) is 52.5 Å². The fraction of sp³-hybridized carbons (Fsp3) is 0.648. The normalized spacial score (nSPS) is 15.5. The quantitative estimate of drug-likeness (QED) is 0.0269. The van der Waals surface area contributed by atoms with E-state index in [1.165, 1.54) is 45.0 Å². The van der Waals surface area contributed by atoms with E-state index in [0.717, 1.165) is 6.92 Å². The highest BCUT2D eigenvalue weighted by molar-refractivity contribution is 7.80. The lowest BCUT2D eigenvalue weighted by molar-refractivity contribution is -0.142. The number of hydrogen-bond acceptors (Lipinski definition) is 33. The van der Waals surface area contributed by atoms with Gasteiger partial charge in [0.1, 0.15) is 115 Å². The van der Waals surface area contributed by atoms with Crippen LogP contribution >= 0.6 is 37.9 Å². The van der Waals surface area contributed by atoms with Gasteiger partial charge in [-0.15, -0.1) is 0 Å². The van der Waals surface area contributed by atoms with Crippen LogP contribution in [0.5, 0.6) is 5.75 Å². The topological polar surface area (TPSA) is 909 Å². The number of aromatic hydroxyl groups is 1. The number of primary amides is 3. The van der Waals surface area contributed by atoms with Gasteiger partial charge in [-0.3, -0.25) is 115 Å². The standard InChI is InChI=1S/C88H142N22O33S3/c1-12-41(9)68(107-63(118)32-89)86(140)108-67(40(7)8)84(138)97-50(22-27-66(123)124)72(126)94-47(19-24-61(91)116)75(129)104-57(35-144)82(136)105-59(37-146)83(137)110-70(43(11)113)87(141)103-56(34-112)80(134)109-69(42(10)13-2)85(139)106-58(36-145)81(135)102-55(33-111)79(133)99-52(29-39(5)6)77(131)95-48(20-25-64(119)120)71(125)93-46(18-23-60(90)115)73(127)98-51(28-38(3)4)76(130)96-49(21-26-65(121)122)74(128)100-53(31-62(92)117)78(132)101-54(88(142)143)30-44-14-16-45(114)17-15-44/h14-17,38-43,46-59,67-70,111-114,144-146H,12-13,18-37,89H2,1-11H3,(H2,90,115)(H2,91,116)(H2,92,117)(H,93,125)(H,94,126)(H,95,131)(H,96,130)(H,97,138)(H,98,127)(H,99,133)(H,100,128)(H,101,132)(H,102,135)(H,103,141)(H,104,129)(H,105,136)(H,106,139)(H,107,118)(H,108,140)(H,109,134)(H,110,137)(H,119,120)(H,121,122)(H,123,124)(H,142,143)/t41-,42-,43+,46-,47-,48-,49-,50-,51-,52-,53-,54-,55-,56-,57-,58-,59-,67-,68-,69-,70-/m0/s1. The second-order valence-electron chi connectivity index (χ2n) is 35.7. The van der Waals surface area contributed by atoms with E-state index in [-0.39, 0.29) is 31.4 Å². The lowest BCUT2D eigenvalue weighted by Gasteiger charge is -2.30. The molecule has 0 saturated carbocycles. The van der Waals surface area contributed by atoms with Gasteiger partial charge < -0.3 is 159 Å². The van der Waals surface area contributed by atoms with E-state index in [2.05, 4.69) is 134 Å². The van der Waals surface area contributed by atoms with Gasteiger partial charge in [0.25, 0.3) is 0 Å². The van der Waals surface area contributed by atoms with Crippen molar-refractivity contribution in [2.45, 2.75) is 294 Å². The van der Waals surface area contributed by atoms with Crippen molar-refractivity contribution in [3.63, 3.8) is 0 Å². The third kappa shape index (κ3) is 48.1. The van der Waals surface area contributed by atoms with E-state index in [4.69, 9.17) is 22.9 Å². The summed E-state index contributed by atoms with van der Waals surface area (Å²) in [6.07, 6.45) is -10.4. The van der Waals surface area contributed by atoms with Gasteiger partial charge in [-0.05, 0) is 99.2 Å². The molecule has 1 aromatic carbocycles. The van der Waals surface area contributed by atoms with Crippen molar-refractivity contribution in [1.82, 2.24) is 95.7 Å². The average Bonchev–Trinajstić information content (AvgIpc) is 0.850. The van der Waals surface area contributed by atoms with Crippen LogP contribution in [-0.4, -0.2) is 341 Å². The smallest absolute Gasteiger partial charge is 0.326 e. The number of nitrogens with one attached hydrogen (secondary N) is 18. The molecule has 21 atom stereocenters. The van der Waals surface area contributed by atoms with Gasteiger partial charge in [0.15, 0.2) is 0 Å². The van der Waals surface area contributed by atoms with Crippen molar-refractivity contribution < 1.29 is 161 Å². The van der Waals surface area contributed by atoms with Crippen LogP contribution in [0.15, 0.2) is 24.3 Å². The molecule has 58 heteroatoms. The molecular weight excluding hydrogens is 1990 g/mol. The Kier molecular flexibility index (Phi) is 59.6. The highest BCUT2D eigenvalue weighted by atomic mass is 32.1. The van der Waals surface area contributed by atoms with Crippen molar-refractivity contribution >= 4 is 186 Å². The van der Waals surface area contributed by atoms with Crippen LogP contribution in [0.3, 0.4) is 0 Å². The monoisotopic (exact) mass is 2130 g/mol. The van der Waals surface area contributed by atoms with E-state index in [1.54, 1.807) is 48.5 Å². The fourth-order valence-electron chi connectivity index (χ4n) is 13.7. The number of carboxylic acid groups (broad SMARTS) is 4. The van der Waals surface area contributed by atoms with Gasteiger partial charge in [-0.2, -0.15) is 37.9 Å². The van der Waals surface area contributed by atoms with Gasteiger partial charge >= 0.3 is 23.9 Å². The summed E-state index contributed by atoms with van der Waals surface area (Å²) in [6.45, 7) is 13.8. The maximum absolute atomic E-state index is 14.4. The van der Waals surface area contributed by atoms with Gasteiger partial charge in [-0.1, -0.05) is 94.2 Å². The minimum Gasteiger partial charge on any atom is -0.508 e. The molecule has 0 aliphatic rings. The molecule has 0 aromatic heterocycles. The molecular formula is C88H142N22O33S3. The molecule has 0 aliphatic carbocycles. The first-order valence-electron chi connectivity index (χ1n) is 46.7. The zero-order valence-corrected chi connectivity index (χ0v) is 85.3. The largest absolute Gasteiger partial charge is 0.508 e. The molecule has 55 nitrogen and oxygen atoms in total. The summed E-state index contributed by atoms with van der Waals surface area (Å²) in [5, 5.41) is 122. The molecule has 1 rings (SSSR count). The van der Waals surface area contributed by atoms with Crippen LogP contribution in [0.25, 0.3) is 0 Å². The van der Waals surface area contributed by atoms with Crippen LogP contribution in [0.4, 0.5) is 0 Å². The zero-order chi connectivity index (χ0) is 112. The number of thiol groups is 3. The van der Waals surface area contributed by atoms with E-state index in [9.17, 15) is 161 Å². The SMILES string of the molecule is CC[C@H](C)[C@H](NC(=O)CN)C(=O)N[C@H](C(=O)N[C@@H](CCC(=O)O)C(=O)N[C@@H](CCC(N)=O)C(=O)N[C@@H](CS)C(=O)N[C@@H](CS)C(=O)N[C@H](C(=O)N[C@@H](CO)C(=O)N[C@H](C(=O)N[C@@H](CS)C(=O)N[C@@H](CO)C(=O)N[C@@H](CC(C)C)C(=O)N[C@@H](CCC(=O)O)C(=O)N[C@@H](CCC(N)=O)C(=O)N[C@@H](CC(C)C)C(=O)N[C@@H](CCC(=O)O)C(=O)N[C@@H](CC(N)=O)C(=O)N[C@@H](Cc1ccc(O)cc1)C(=O)O)[C@@H](C)CC)[C@@H](C)O)C(C)C. The fourth-order valence-corrected chi connectivity index (χ4v) is 14.5. The average molecular weight is 2130 g/mol. The molecule has 820 valence electrons. The second kappa shape index (κ2) is 66.6. The molecule has 21 amide bonds. The van der Waals surface area contributed by atoms with Crippen molar-refractivity contribution in [3.8, 4) is 5.75 Å². The Morgan fingerprint density at radius 1 is 0.308 bits per heavy atom. The van der Waals surface area contributed by atoms with Gasteiger partial charge in [0, 0.05) is 55.8 Å². The maximum atomic E-state index is 14.4. The third-order valence-corrected chi connectivity index (χ3v) is 23.4. The predicted octanol–water partition coefficient (Wildman–Crippen LogP) is -10.3. The van der Waals surface area contributed by atoms with Crippen molar-refractivity contribution in [3.05, 3.63) is 29.8 Å². The summed E-state index contributed by atoms with van der Waals surface area (Å²) >= 11 is 12.5. The number of amides is 21. The van der Waals surface area contributed by atoms with Crippen molar-refractivity contribution in [1.29, 1.82) is 0 Å². The Labute approximate surface area is 856 Å². The van der Waals surface area contributed by atoms with Gasteiger partial charge in [0.2, 0.25) is 124 Å². The number of phenolic OH excluding ortho intramolecular Hbond substituents is 1. The van der Waals surface area contributed by atoms with E-state index < -0.39 is 400 Å². The van der Waals surface area contributed by atoms with Gasteiger partial charge in [-0.25, -0.2) is 4.79 Å². The Bertz CT molecular complexity index is 4690. The summed E-state index contributed by atoms with van der Waals surface area (Å²) in [5.41, 5.74) is 22.0. The van der Waals surface area contributed by atoms with E-state index >= 15 is 0 Å². The Morgan fingerprint density at radius 2 is 0.562 bits per heavy atom. The number of nitrogens with two attached hydrogens (primary N) is 4. The predicted molar refractivity (Wildman–Crippen MR) is 525 cm³/mol. The Morgan fingerprint density at radius 3 is 0.884 bits per heavy atom. The number of phenols is 1. The lowest BCUT2D eigenvalue weighted by atomic mass is 9.96. The molecule has 0 heterocycles. The maximum Gasteiger partial charge on any atom is 0.326 e. The highest BCUT2D eigenvalue weighted by Gasteiger charge is 2.43. The van der Waals surface area contributed by atoms with Crippen LogP contribution in [-0.2, 0) is 126 Å². The number of aliphatic hydroxyl groups excluding tert-OH is 3. The molecule has 0 radical (unpaired) electrons. The first kappa shape index (κ1) is 131. The van der Waals surface area contributed by atoms with E-state index in [1.807, 2.05) is 0 Å². The van der Waals surface area contributed by atoms with Crippen molar-refractivity contribution in [2.75, 3.05) is 37.0 Å². The molecule has 146 heavy (non-hydrogen) atoms. The first-order valence-corrected chi connectivity index (χ1v) is 48.6. The number of aliphatic hydroxyl groups is 3. The number of hydrogen-bond donors (Lipinski definition) is 33. The molecule has 0 unspecified atom stereocenters. The van der Waals surface area contributed by atoms with Crippen LogP contribution in [0.2, 0.25) is 0 Å². The number of carbonyl (C=O) groups is 25. The number of aliphatic carboxylic acids is 4. The lowest BCUT2D eigenvalue weighted by Crippen LogP contribution is -2.63. The van der Waals surface area contributed by atoms with Crippen LogP contribution in [0, 0.1) is 29.6 Å². The number of carbonyl (C=O) groups excluding carboxylic acids is 21. The van der Waals surface area contributed by atoms with Gasteiger partial charge in [0.05, 0.1) is 32.3 Å². The van der Waals surface area contributed by atoms with Crippen LogP contribution in [0.1, 0.15) is 178 Å². The summed E-state index contributed by atoms with van der Waals surface area (Å²) < 4.78 is 0. The highest BCUT2D eigenvalue weighted by Crippen LogP contribution is 2.19. The minimum absolute atomic E-state index is 0.0905. The molecule has 0 bridgehead atoms. The molecule has 0 fully saturated rings. The summed E-state index contributed by atoms with van der Waals surface area (Å²) in [5.74, 6) is -35.5. The van der Waals surface area contributed by atoms with Crippen LogP contribution < -0.4 is 119 Å². The minimum atomic E-state index is -2.04. The molecule has 1 aromatic rings. The summed E-state index contributed by atoms with van der Waals surface area (Å²) in [7, 11) is 0. The summed E-state index contributed by atoms with van der Waals surface area (Å²) in [4.78, 5) is 336. The first-order chi connectivity index (χ1) is 68.3. The molecule has 0 spiro atoms. The molecule has 34 N–H and O–H groups in total. The Balaban J connectivity index is 3.54. The molecule has 0 saturated heterocycles. The second-order valence-corrected chi connectivity index (χ2v) is 36.8. The number of rotatable bonds is 71.